The quantitative estimate of drug-likeness (QED) is 0.634. The molecule has 22 heavy (non-hydrogen) atoms. The molecule has 0 aromatic carbocycles. The van der Waals surface area contributed by atoms with E-state index in [0.29, 0.717) is 18.0 Å². The van der Waals surface area contributed by atoms with Gasteiger partial charge in [0.1, 0.15) is 5.01 Å². The highest BCUT2D eigenvalue weighted by Gasteiger charge is 2.26. The van der Waals surface area contributed by atoms with E-state index in [1.54, 1.807) is 28.4 Å². The lowest BCUT2D eigenvalue weighted by atomic mass is 10.2. The average molecular weight is 335 g/mol. The molecule has 0 N–H and O–H groups in total. The van der Waals surface area contributed by atoms with Crippen LogP contribution in [0.5, 0.6) is 0 Å². The molecule has 116 valence electrons. The zero-order valence-corrected chi connectivity index (χ0v) is 13.7. The molecule has 0 spiro atoms. The summed E-state index contributed by atoms with van der Waals surface area (Å²) in [7, 11) is 0. The Morgan fingerprint density at radius 2 is 2.05 bits per heavy atom. The van der Waals surface area contributed by atoms with Gasteiger partial charge in [0.2, 0.25) is 0 Å². The van der Waals surface area contributed by atoms with Crippen molar-refractivity contribution in [1.82, 2.24) is 14.8 Å². The first-order valence-corrected chi connectivity index (χ1v) is 8.98. The second kappa shape index (κ2) is 7.13. The monoisotopic (exact) mass is 335 g/mol. The van der Waals surface area contributed by atoms with Crippen LogP contribution in [-0.2, 0) is 11.3 Å². The molecule has 5 nitrogen and oxygen atoms in total. The van der Waals surface area contributed by atoms with Gasteiger partial charge in [-0.3, -0.25) is 14.5 Å². The molecule has 3 heterocycles. The molecule has 0 saturated carbocycles. The van der Waals surface area contributed by atoms with E-state index in [2.05, 4.69) is 9.88 Å². The fourth-order valence-corrected chi connectivity index (χ4v) is 3.82. The van der Waals surface area contributed by atoms with Crippen molar-refractivity contribution in [2.24, 2.45) is 0 Å². The Labute approximate surface area is 137 Å². The normalized spacial score (nSPS) is 16.5. The SMILES string of the molecule is O=C(C(=O)N1CCCN(Cc2nccs2)CC1)c1cccs1. The number of hydrogen-bond acceptors (Lipinski definition) is 6. The van der Waals surface area contributed by atoms with Crippen molar-refractivity contribution in [1.29, 1.82) is 0 Å². The first-order chi connectivity index (χ1) is 10.7. The van der Waals surface area contributed by atoms with E-state index in [-0.39, 0.29) is 11.7 Å². The predicted molar refractivity (Wildman–Crippen MR) is 87.2 cm³/mol. The highest BCUT2D eigenvalue weighted by atomic mass is 32.1. The third-order valence-corrected chi connectivity index (χ3v) is 5.29. The van der Waals surface area contributed by atoms with Crippen molar-refractivity contribution in [3.05, 3.63) is 39.0 Å². The van der Waals surface area contributed by atoms with Crippen molar-refractivity contribution in [2.75, 3.05) is 26.2 Å². The maximum atomic E-state index is 12.3. The van der Waals surface area contributed by atoms with E-state index >= 15 is 0 Å². The van der Waals surface area contributed by atoms with Crippen LogP contribution in [-0.4, -0.2) is 52.7 Å². The lowest BCUT2D eigenvalue weighted by Gasteiger charge is -2.20. The summed E-state index contributed by atoms with van der Waals surface area (Å²) in [6, 6.07) is 3.50. The van der Waals surface area contributed by atoms with Crippen LogP contribution in [0.25, 0.3) is 0 Å². The first kappa shape index (κ1) is 15.3. The number of rotatable bonds is 4. The van der Waals surface area contributed by atoms with Crippen molar-refractivity contribution < 1.29 is 9.59 Å². The molecule has 7 heteroatoms. The maximum Gasteiger partial charge on any atom is 0.295 e. The number of amides is 1. The van der Waals surface area contributed by atoms with E-state index < -0.39 is 0 Å². The van der Waals surface area contributed by atoms with Crippen LogP contribution in [0.4, 0.5) is 0 Å². The smallest absolute Gasteiger partial charge is 0.295 e. The first-order valence-electron chi connectivity index (χ1n) is 7.22. The summed E-state index contributed by atoms with van der Waals surface area (Å²) in [6.45, 7) is 3.77. The maximum absolute atomic E-state index is 12.3. The Hall–Kier alpha value is -1.57. The zero-order chi connectivity index (χ0) is 15.4. The topological polar surface area (TPSA) is 53.5 Å². The highest BCUT2D eigenvalue weighted by molar-refractivity contribution is 7.13. The number of thiophene rings is 1. The fourth-order valence-electron chi connectivity index (χ4n) is 2.51. The second-order valence-electron chi connectivity index (χ2n) is 5.15. The molecular weight excluding hydrogens is 318 g/mol. The molecule has 3 rings (SSSR count). The summed E-state index contributed by atoms with van der Waals surface area (Å²) >= 11 is 2.97. The van der Waals surface area contributed by atoms with Crippen molar-refractivity contribution >= 4 is 34.4 Å². The number of hydrogen-bond donors (Lipinski definition) is 0. The summed E-state index contributed by atoms with van der Waals surface area (Å²) in [5.74, 6) is -0.762. The summed E-state index contributed by atoms with van der Waals surface area (Å²) < 4.78 is 0. The Morgan fingerprint density at radius 1 is 1.14 bits per heavy atom. The van der Waals surface area contributed by atoms with Gasteiger partial charge in [0.05, 0.1) is 11.4 Å². The summed E-state index contributed by atoms with van der Waals surface area (Å²) in [6.07, 6.45) is 2.70. The van der Waals surface area contributed by atoms with E-state index in [4.69, 9.17) is 0 Å². The van der Waals surface area contributed by atoms with Gasteiger partial charge < -0.3 is 4.90 Å². The van der Waals surface area contributed by atoms with Crippen LogP contribution < -0.4 is 0 Å². The zero-order valence-electron chi connectivity index (χ0n) is 12.1. The summed E-state index contributed by atoms with van der Waals surface area (Å²) in [4.78, 5) is 33.3. The minimum atomic E-state index is -0.386. The van der Waals surface area contributed by atoms with Crippen molar-refractivity contribution in [3.8, 4) is 0 Å². The van der Waals surface area contributed by atoms with Crippen LogP contribution in [0.2, 0.25) is 0 Å². The lowest BCUT2D eigenvalue weighted by Crippen LogP contribution is -2.39. The molecule has 1 aliphatic heterocycles. The molecule has 0 unspecified atom stereocenters. The Kier molecular flexibility index (Phi) is 4.97. The van der Waals surface area contributed by atoms with Crippen molar-refractivity contribution in [3.63, 3.8) is 0 Å². The van der Waals surface area contributed by atoms with Gasteiger partial charge >= 0.3 is 0 Å². The van der Waals surface area contributed by atoms with Crippen LogP contribution in [0.3, 0.4) is 0 Å². The Balaban J connectivity index is 1.58. The molecule has 0 bridgehead atoms. The summed E-state index contributed by atoms with van der Waals surface area (Å²) in [5, 5.41) is 4.89. The standard InChI is InChI=1S/C15H17N3O2S2/c19-14(12-3-1-9-21-12)15(20)18-6-2-5-17(7-8-18)11-13-16-4-10-22-13/h1,3-4,9-10H,2,5-8,11H2. The molecule has 1 aliphatic rings. The van der Waals surface area contributed by atoms with Crippen LogP contribution in [0.1, 0.15) is 21.1 Å². The van der Waals surface area contributed by atoms with Gasteiger partial charge in [0.15, 0.2) is 0 Å². The van der Waals surface area contributed by atoms with E-state index in [0.717, 1.165) is 31.1 Å². The molecular formula is C15H17N3O2S2. The van der Waals surface area contributed by atoms with E-state index in [1.807, 2.05) is 17.0 Å². The molecule has 2 aromatic rings. The number of nitrogens with zero attached hydrogens (tertiary/aromatic N) is 3. The summed E-state index contributed by atoms with van der Waals surface area (Å²) in [5.41, 5.74) is 0. The average Bonchev–Trinajstić information content (AvgIpc) is 3.18. The molecule has 0 radical (unpaired) electrons. The third-order valence-electron chi connectivity index (χ3n) is 3.66. The molecule has 1 amide bonds. The minimum absolute atomic E-state index is 0.376. The third kappa shape index (κ3) is 3.60. The molecule has 2 aromatic heterocycles. The fraction of sp³-hybridized carbons (Fsp3) is 0.400. The number of aromatic nitrogens is 1. The minimum Gasteiger partial charge on any atom is -0.334 e. The van der Waals surface area contributed by atoms with Gasteiger partial charge in [-0.1, -0.05) is 6.07 Å². The largest absolute Gasteiger partial charge is 0.334 e. The number of ketones is 1. The van der Waals surface area contributed by atoms with Crippen LogP contribution in [0.15, 0.2) is 29.1 Å². The van der Waals surface area contributed by atoms with Gasteiger partial charge in [0, 0.05) is 37.8 Å². The number of carbonyl (C=O) groups is 2. The Morgan fingerprint density at radius 3 is 2.77 bits per heavy atom. The molecule has 1 saturated heterocycles. The van der Waals surface area contributed by atoms with Gasteiger partial charge in [-0.05, 0) is 17.9 Å². The lowest BCUT2D eigenvalue weighted by molar-refractivity contribution is -0.126. The Bertz CT molecular complexity index is 625. The van der Waals surface area contributed by atoms with E-state index in [1.165, 1.54) is 11.3 Å². The van der Waals surface area contributed by atoms with Gasteiger partial charge in [-0.15, -0.1) is 22.7 Å². The van der Waals surface area contributed by atoms with Crippen LogP contribution >= 0.6 is 22.7 Å². The predicted octanol–water partition coefficient (Wildman–Crippen LogP) is 2.12. The van der Waals surface area contributed by atoms with Gasteiger partial charge in [0.25, 0.3) is 11.7 Å². The number of thiazole rings is 1. The second-order valence-corrected chi connectivity index (χ2v) is 7.08. The number of carbonyl (C=O) groups excluding carboxylic acids is 2. The van der Waals surface area contributed by atoms with Crippen molar-refractivity contribution in [2.45, 2.75) is 13.0 Å². The molecule has 1 fully saturated rings. The molecule has 0 aliphatic carbocycles. The molecule has 0 atom stereocenters. The van der Waals surface area contributed by atoms with Gasteiger partial charge in [-0.2, -0.15) is 0 Å². The van der Waals surface area contributed by atoms with Gasteiger partial charge in [-0.25, -0.2) is 4.98 Å². The van der Waals surface area contributed by atoms with E-state index in [9.17, 15) is 9.59 Å². The number of Topliss-reactive ketones (excluding diaryl/α,β-unsaturated/α-hetero) is 1. The highest BCUT2D eigenvalue weighted by Crippen LogP contribution is 2.14. The van der Waals surface area contributed by atoms with Crippen LogP contribution in [0, 0.1) is 0 Å².